The van der Waals surface area contributed by atoms with Crippen LogP contribution >= 0.6 is 0 Å². The van der Waals surface area contributed by atoms with Gasteiger partial charge in [0, 0.05) is 25.0 Å². The fourth-order valence-electron chi connectivity index (χ4n) is 3.33. The highest BCUT2D eigenvalue weighted by molar-refractivity contribution is 7.89. The maximum atomic E-state index is 13.1. The molecule has 2 heterocycles. The van der Waals surface area contributed by atoms with E-state index in [0.717, 1.165) is 42.6 Å². The quantitative estimate of drug-likeness (QED) is 0.766. The molecule has 2 aromatic rings. The van der Waals surface area contributed by atoms with Crippen molar-refractivity contribution >= 4 is 21.6 Å². The maximum Gasteiger partial charge on any atom is 0.435 e. The number of alkyl halides is 3. The van der Waals surface area contributed by atoms with Gasteiger partial charge in [0.2, 0.25) is 15.9 Å². The van der Waals surface area contributed by atoms with E-state index in [1.54, 1.807) is 19.1 Å². The number of amides is 1. The largest absolute Gasteiger partial charge is 0.435 e. The van der Waals surface area contributed by atoms with E-state index in [1.807, 2.05) is 0 Å². The predicted molar refractivity (Wildman–Crippen MR) is 104 cm³/mol. The molecule has 1 amide bonds. The molecule has 0 bridgehead atoms. The number of hydrogen-bond acceptors (Lipinski definition) is 4. The van der Waals surface area contributed by atoms with Crippen molar-refractivity contribution in [3.8, 4) is 0 Å². The van der Waals surface area contributed by atoms with Crippen LogP contribution in [-0.4, -0.2) is 41.5 Å². The summed E-state index contributed by atoms with van der Waals surface area (Å²) in [5.74, 6) is -0.617. The van der Waals surface area contributed by atoms with E-state index in [9.17, 15) is 26.4 Å². The van der Waals surface area contributed by atoms with Gasteiger partial charge in [-0.2, -0.15) is 22.6 Å². The Morgan fingerprint density at radius 2 is 1.80 bits per heavy atom. The predicted octanol–water partition coefficient (Wildman–Crippen LogP) is 3.41. The number of nitrogens with zero attached hydrogens (tertiary/aromatic N) is 3. The van der Waals surface area contributed by atoms with Crippen LogP contribution in [0.5, 0.6) is 0 Å². The molecule has 0 saturated carbocycles. The number of carbonyl (C=O) groups is 1. The van der Waals surface area contributed by atoms with Gasteiger partial charge in [0.1, 0.15) is 6.54 Å². The summed E-state index contributed by atoms with van der Waals surface area (Å²) in [6, 6.07) is 5.32. The van der Waals surface area contributed by atoms with Crippen LogP contribution in [0.4, 0.5) is 18.9 Å². The standard InChI is InChI=1S/C19H23F3N4O3S/c1-14-6-7-15(12-16(14)30(28,29)26-9-4-2-3-5-10-26)23-18(27)13-25-11-8-17(24-25)19(20,21)22/h6-8,11-12H,2-5,9-10,13H2,1H3,(H,23,27). The molecule has 1 saturated heterocycles. The minimum atomic E-state index is -4.59. The number of sulfonamides is 1. The normalized spacial score (nSPS) is 16.3. The van der Waals surface area contributed by atoms with Gasteiger partial charge < -0.3 is 5.32 Å². The molecule has 0 atom stereocenters. The van der Waals surface area contributed by atoms with Gasteiger partial charge in [-0.3, -0.25) is 9.48 Å². The number of benzene rings is 1. The van der Waals surface area contributed by atoms with Crippen LogP contribution in [0, 0.1) is 6.92 Å². The third-order valence-corrected chi connectivity index (χ3v) is 6.93. The highest BCUT2D eigenvalue weighted by atomic mass is 32.2. The summed E-state index contributed by atoms with van der Waals surface area (Å²) in [4.78, 5) is 12.3. The number of halogens is 3. The molecule has 0 spiro atoms. The maximum absolute atomic E-state index is 13.1. The Bertz CT molecular complexity index is 1010. The first-order valence-electron chi connectivity index (χ1n) is 9.59. The molecule has 1 aromatic heterocycles. The lowest BCUT2D eigenvalue weighted by molar-refractivity contribution is -0.141. The van der Waals surface area contributed by atoms with Crippen LogP contribution < -0.4 is 5.32 Å². The van der Waals surface area contributed by atoms with Crippen molar-refractivity contribution in [1.29, 1.82) is 0 Å². The van der Waals surface area contributed by atoms with E-state index in [0.29, 0.717) is 18.7 Å². The summed E-state index contributed by atoms with van der Waals surface area (Å²) in [5.41, 5.74) is -0.280. The van der Waals surface area contributed by atoms with Crippen LogP contribution in [0.1, 0.15) is 36.9 Å². The van der Waals surface area contributed by atoms with Crippen molar-refractivity contribution in [1.82, 2.24) is 14.1 Å². The summed E-state index contributed by atoms with van der Waals surface area (Å²) >= 11 is 0. The van der Waals surface area contributed by atoms with E-state index in [4.69, 9.17) is 0 Å². The summed E-state index contributed by atoms with van der Waals surface area (Å²) in [7, 11) is -3.71. The molecule has 0 aliphatic carbocycles. The van der Waals surface area contributed by atoms with Gasteiger partial charge in [0.05, 0.1) is 4.90 Å². The van der Waals surface area contributed by atoms with Gasteiger partial charge in [0.15, 0.2) is 5.69 Å². The molecule has 1 N–H and O–H groups in total. The number of carbonyl (C=O) groups excluding carboxylic acids is 1. The second-order valence-corrected chi connectivity index (χ2v) is 9.15. The summed E-state index contributed by atoms with van der Waals surface area (Å²) in [6.07, 6.45) is 0.0637. The molecule has 30 heavy (non-hydrogen) atoms. The Balaban J connectivity index is 1.74. The van der Waals surface area contributed by atoms with Gasteiger partial charge in [-0.1, -0.05) is 18.9 Å². The lowest BCUT2D eigenvalue weighted by Crippen LogP contribution is -2.32. The highest BCUT2D eigenvalue weighted by Gasteiger charge is 2.33. The first-order valence-corrected chi connectivity index (χ1v) is 11.0. The van der Waals surface area contributed by atoms with Gasteiger partial charge in [-0.05, 0) is 43.5 Å². The molecular formula is C19H23F3N4O3S. The zero-order valence-electron chi connectivity index (χ0n) is 16.4. The van der Waals surface area contributed by atoms with E-state index >= 15 is 0 Å². The Morgan fingerprint density at radius 3 is 2.40 bits per heavy atom. The average Bonchev–Trinajstić information content (AvgIpc) is 2.96. The molecule has 7 nitrogen and oxygen atoms in total. The fourth-order valence-corrected chi connectivity index (χ4v) is 5.09. The van der Waals surface area contributed by atoms with Crippen molar-refractivity contribution in [2.45, 2.75) is 50.2 Å². The van der Waals surface area contributed by atoms with Crippen LogP contribution in [0.25, 0.3) is 0 Å². The number of hydrogen-bond donors (Lipinski definition) is 1. The molecule has 0 unspecified atom stereocenters. The lowest BCUT2D eigenvalue weighted by Gasteiger charge is -2.21. The molecule has 1 aliphatic heterocycles. The van der Waals surface area contributed by atoms with Crippen molar-refractivity contribution < 1.29 is 26.4 Å². The molecule has 1 aliphatic rings. The second-order valence-electron chi connectivity index (χ2n) is 7.24. The van der Waals surface area contributed by atoms with E-state index in [2.05, 4.69) is 10.4 Å². The zero-order chi connectivity index (χ0) is 21.9. The van der Waals surface area contributed by atoms with Crippen LogP contribution in [0.3, 0.4) is 0 Å². The molecule has 0 radical (unpaired) electrons. The lowest BCUT2D eigenvalue weighted by atomic mass is 10.2. The molecule has 11 heteroatoms. The van der Waals surface area contributed by atoms with Crippen LogP contribution in [0.2, 0.25) is 0 Å². The van der Waals surface area contributed by atoms with Crippen molar-refractivity contribution in [3.63, 3.8) is 0 Å². The molecule has 3 rings (SSSR count). The third-order valence-electron chi connectivity index (χ3n) is 4.89. The summed E-state index contributed by atoms with van der Waals surface area (Å²) in [6.45, 7) is 2.16. The van der Waals surface area contributed by atoms with E-state index in [-0.39, 0.29) is 10.6 Å². The topological polar surface area (TPSA) is 84.3 Å². The Labute approximate surface area is 172 Å². The number of rotatable bonds is 5. The first-order chi connectivity index (χ1) is 14.1. The van der Waals surface area contributed by atoms with Gasteiger partial charge in [0.25, 0.3) is 0 Å². The molecular weight excluding hydrogens is 421 g/mol. The van der Waals surface area contributed by atoms with Crippen molar-refractivity contribution in [2.24, 2.45) is 0 Å². The summed E-state index contributed by atoms with van der Waals surface area (Å²) in [5, 5.41) is 5.86. The highest BCUT2D eigenvalue weighted by Crippen LogP contribution is 2.28. The number of anilines is 1. The minimum absolute atomic E-state index is 0.112. The monoisotopic (exact) mass is 444 g/mol. The number of aryl methyl sites for hydroxylation is 1. The fraction of sp³-hybridized carbons (Fsp3) is 0.474. The minimum Gasteiger partial charge on any atom is -0.324 e. The number of aromatic nitrogens is 2. The van der Waals surface area contributed by atoms with Gasteiger partial charge in [-0.15, -0.1) is 0 Å². The SMILES string of the molecule is Cc1ccc(NC(=O)Cn2ccc(C(F)(F)F)n2)cc1S(=O)(=O)N1CCCCCC1. The Hall–Kier alpha value is -2.40. The van der Waals surface area contributed by atoms with E-state index < -0.39 is 34.3 Å². The molecule has 1 fully saturated rings. The van der Waals surface area contributed by atoms with Gasteiger partial charge in [-0.25, -0.2) is 8.42 Å². The Kier molecular flexibility index (Phi) is 6.51. The summed E-state index contributed by atoms with van der Waals surface area (Å²) < 4.78 is 66.4. The number of nitrogens with one attached hydrogen (secondary N) is 1. The average molecular weight is 444 g/mol. The first kappa shape index (κ1) is 22.3. The Morgan fingerprint density at radius 1 is 1.13 bits per heavy atom. The van der Waals surface area contributed by atoms with Crippen LogP contribution in [-0.2, 0) is 27.5 Å². The van der Waals surface area contributed by atoms with Crippen molar-refractivity contribution in [3.05, 3.63) is 41.7 Å². The smallest absolute Gasteiger partial charge is 0.324 e. The zero-order valence-corrected chi connectivity index (χ0v) is 17.3. The molecule has 1 aromatic carbocycles. The van der Waals surface area contributed by atoms with Crippen LogP contribution in [0.15, 0.2) is 35.4 Å². The molecule has 164 valence electrons. The van der Waals surface area contributed by atoms with E-state index in [1.165, 1.54) is 10.4 Å². The second kappa shape index (κ2) is 8.76. The third kappa shape index (κ3) is 5.20. The van der Waals surface area contributed by atoms with Crippen molar-refractivity contribution in [2.75, 3.05) is 18.4 Å². The van der Waals surface area contributed by atoms with Gasteiger partial charge >= 0.3 is 6.18 Å².